The Morgan fingerprint density at radius 3 is 2.48 bits per heavy atom. The molecular weight excluding hydrogens is 318 g/mol. The van der Waals surface area contributed by atoms with E-state index in [1.807, 2.05) is 12.1 Å². The number of amides is 1. The van der Waals surface area contributed by atoms with Gasteiger partial charge in [0.15, 0.2) is 0 Å². The Kier molecular flexibility index (Phi) is 5.54. The largest absolute Gasteiger partial charge is 0.505 e. The van der Waals surface area contributed by atoms with E-state index in [-0.39, 0.29) is 23.7 Å². The van der Waals surface area contributed by atoms with E-state index in [0.717, 1.165) is 5.56 Å². The van der Waals surface area contributed by atoms with Crippen LogP contribution in [0.5, 0.6) is 5.75 Å². The Morgan fingerprint density at radius 1 is 1.28 bits per heavy atom. The molecule has 1 amide bonds. The highest BCUT2D eigenvalue weighted by Gasteiger charge is 2.14. The lowest BCUT2D eigenvalue weighted by Crippen LogP contribution is -2.18. The molecule has 0 aliphatic heterocycles. The van der Waals surface area contributed by atoms with E-state index in [4.69, 9.17) is 0 Å². The van der Waals surface area contributed by atoms with Gasteiger partial charge in [0, 0.05) is 22.9 Å². The summed E-state index contributed by atoms with van der Waals surface area (Å²) in [5, 5.41) is 23.2. The van der Waals surface area contributed by atoms with Crippen LogP contribution in [-0.2, 0) is 12.0 Å². The van der Waals surface area contributed by atoms with Crippen molar-refractivity contribution in [2.24, 2.45) is 5.10 Å². The predicted molar refractivity (Wildman–Crippen MR) is 96.8 cm³/mol. The number of hydrogen-bond acceptors (Lipinski definition) is 5. The van der Waals surface area contributed by atoms with Crippen LogP contribution in [-0.4, -0.2) is 27.3 Å². The molecule has 0 spiro atoms. The number of aryl methyl sites for hydroxylation is 1. The molecule has 0 aliphatic rings. The number of nitrogens with one attached hydrogen (secondary N) is 1. The highest BCUT2D eigenvalue weighted by Crippen LogP contribution is 2.23. The molecule has 0 saturated carbocycles. The van der Waals surface area contributed by atoms with Crippen molar-refractivity contribution in [2.75, 3.05) is 0 Å². The van der Waals surface area contributed by atoms with Crippen molar-refractivity contribution in [3.63, 3.8) is 0 Å². The summed E-state index contributed by atoms with van der Waals surface area (Å²) in [4.78, 5) is 16.1. The van der Waals surface area contributed by atoms with Gasteiger partial charge in [0.2, 0.25) is 0 Å². The molecular formula is C19H23N3O3. The first-order chi connectivity index (χ1) is 11.7. The molecule has 0 fully saturated rings. The van der Waals surface area contributed by atoms with Gasteiger partial charge in [-0.05, 0) is 30.0 Å². The molecule has 0 bridgehead atoms. The normalized spacial score (nSPS) is 11.7. The fourth-order valence-electron chi connectivity index (χ4n) is 2.26. The first kappa shape index (κ1) is 18.6. The van der Waals surface area contributed by atoms with Gasteiger partial charge in [0.05, 0.1) is 18.5 Å². The van der Waals surface area contributed by atoms with Crippen LogP contribution in [0.3, 0.4) is 0 Å². The maximum absolute atomic E-state index is 12.2. The van der Waals surface area contributed by atoms with Gasteiger partial charge < -0.3 is 10.2 Å². The third-order valence-electron chi connectivity index (χ3n) is 3.90. The third kappa shape index (κ3) is 4.42. The Labute approximate surface area is 147 Å². The van der Waals surface area contributed by atoms with Crippen LogP contribution in [0.2, 0.25) is 0 Å². The maximum atomic E-state index is 12.2. The molecule has 2 aromatic rings. The molecule has 0 radical (unpaired) electrons. The number of aliphatic hydroxyl groups is 1. The topological polar surface area (TPSA) is 94.8 Å². The molecule has 132 valence electrons. The SMILES string of the molecule is Cc1ncc(CO)c(C=NNC(=O)c2ccc(C(C)(C)C)cc2)c1O. The number of carbonyl (C=O) groups excluding carboxylic acids is 1. The van der Waals surface area contributed by atoms with Gasteiger partial charge in [-0.25, -0.2) is 5.43 Å². The molecule has 1 aromatic heterocycles. The van der Waals surface area contributed by atoms with Crippen molar-refractivity contribution in [1.29, 1.82) is 0 Å². The van der Waals surface area contributed by atoms with Crippen LogP contribution in [0.4, 0.5) is 0 Å². The molecule has 6 nitrogen and oxygen atoms in total. The second-order valence-corrected chi connectivity index (χ2v) is 6.82. The summed E-state index contributed by atoms with van der Waals surface area (Å²) >= 11 is 0. The Balaban J connectivity index is 2.12. The molecule has 0 saturated heterocycles. The number of rotatable bonds is 4. The Morgan fingerprint density at radius 2 is 1.92 bits per heavy atom. The molecule has 2 rings (SSSR count). The van der Waals surface area contributed by atoms with Crippen molar-refractivity contribution in [3.8, 4) is 5.75 Å². The first-order valence-corrected chi connectivity index (χ1v) is 7.96. The minimum atomic E-state index is -0.354. The van der Waals surface area contributed by atoms with Gasteiger partial charge in [0.25, 0.3) is 5.91 Å². The molecule has 25 heavy (non-hydrogen) atoms. The van der Waals surface area contributed by atoms with Gasteiger partial charge in [-0.3, -0.25) is 9.78 Å². The number of hydrogen-bond donors (Lipinski definition) is 3. The molecule has 1 heterocycles. The van der Waals surface area contributed by atoms with Crippen molar-refractivity contribution in [1.82, 2.24) is 10.4 Å². The van der Waals surface area contributed by atoms with Crippen LogP contribution in [0.15, 0.2) is 35.6 Å². The van der Waals surface area contributed by atoms with Crippen molar-refractivity contribution < 1.29 is 15.0 Å². The predicted octanol–water partition coefficient (Wildman–Crippen LogP) is 2.65. The molecule has 0 aliphatic carbocycles. The summed E-state index contributed by atoms with van der Waals surface area (Å²) < 4.78 is 0. The lowest BCUT2D eigenvalue weighted by molar-refractivity contribution is 0.0955. The smallest absolute Gasteiger partial charge is 0.271 e. The zero-order valence-electron chi connectivity index (χ0n) is 14.9. The molecule has 3 N–H and O–H groups in total. The zero-order valence-corrected chi connectivity index (χ0v) is 14.9. The maximum Gasteiger partial charge on any atom is 0.271 e. The average Bonchev–Trinajstić information content (AvgIpc) is 2.58. The quantitative estimate of drug-likeness (QED) is 0.588. The summed E-state index contributed by atoms with van der Waals surface area (Å²) in [6.07, 6.45) is 2.76. The van der Waals surface area contributed by atoms with Crippen LogP contribution in [0, 0.1) is 6.92 Å². The van der Waals surface area contributed by atoms with Gasteiger partial charge in [-0.1, -0.05) is 32.9 Å². The van der Waals surface area contributed by atoms with Gasteiger partial charge >= 0.3 is 0 Å². The van der Waals surface area contributed by atoms with E-state index in [1.165, 1.54) is 12.4 Å². The highest BCUT2D eigenvalue weighted by atomic mass is 16.3. The minimum Gasteiger partial charge on any atom is -0.505 e. The van der Waals surface area contributed by atoms with E-state index in [1.54, 1.807) is 19.1 Å². The molecule has 0 atom stereocenters. The van der Waals surface area contributed by atoms with Crippen molar-refractivity contribution >= 4 is 12.1 Å². The van der Waals surface area contributed by atoms with Crippen LogP contribution in [0.25, 0.3) is 0 Å². The lowest BCUT2D eigenvalue weighted by atomic mass is 9.87. The van der Waals surface area contributed by atoms with E-state index in [2.05, 4.69) is 36.3 Å². The highest BCUT2D eigenvalue weighted by molar-refractivity contribution is 5.95. The zero-order chi connectivity index (χ0) is 18.6. The third-order valence-corrected chi connectivity index (χ3v) is 3.90. The van der Waals surface area contributed by atoms with E-state index >= 15 is 0 Å². The number of pyridine rings is 1. The molecule has 1 aromatic carbocycles. The second kappa shape index (κ2) is 7.44. The second-order valence-electron chi connectivity index (χ2n) is 6.82. The standard InChI is InChI=1S/C19H23N3O3/c1-12-17(24)16(14(11-23)9-20-12)10-21-22-18(25)13-5-7-15(8-6-13)19(2,3)4/h5-10,23-24H,11H2,1-4H3,(H,22,25). The first-order valence-electron chi connectivity index (χ1n) is 7.96. The van der Waals surface area contributed by atoms with Gasteiger partial charge in [-0.2, -0.15) is 5.10 Å². The summed E-state index contributed by atoms with van der Waals surface area (Å²) in [5.74, 6) is -0.424. The number of hydrazone groups is 1. The van der Waals surface area contributed by atoms with Crippen LogP contribution < -0.4 is 5.43 Å². The molecule has 0 unspecified atom stereocenters. The Bertz CT molecular complexity index is 791. The van der Waals surface area contributed by atoms with Crippen LogP contribution >= 0.6 is 0 Å². The van der Waals surface area contributed by atoms with E-state index in [0.29, 0.717) is 22.4 Å². The minimum absolute atomic E-state index is 0.0184. The number of aromatic nitrogens is 1. The average molecular weight is 341 g/mol. The van der Waals surface area contributed by atoms with Gasteiger partial charge in [-0.15, -0.1) is 0 Å². The lowest BCUT2D eigenvalue weighted by Gasteiger charge is -2.18. The summed E-state index contributed by atoms with van der Waals surface area (Å²) in [7, 11) is 0. The summed E-state index contributed by atoms with van der Waals surface area (Å²) in [6.45, 7) is 7.67. The van der Waals surface area contributed by atoms with E-state index < -0.39 is 0 Å². The van der Waals surface area contributed by atoms with Gasteiger partial charge in [0.1, 0.15) is 5.75 Å². The molecule has 6 heteroatoms. The fourth-order valence-corrected chi connectivity index (χ4v) is 2.26. The summed E-state index contributed by atoms with van der Waals surface area (Å²) in [5.41, 5.74) is 5.24. The number of carbonyl (C=O) groups is 1. The van der Waals surface area contributed by atoms with Crippen molar-refractivity contribution in [2.45, 2.75) is 39.7 Å². The number of nitrogens with zero attached hydrogens (tertiary/aromatic N) is 2. The number of aliphatic hydroxyl groups excluding tert-OH is 1. The number of aromatic hydroxyl groups is 1. The fraction of sp³-hybridized carbons (Fsp3) is 0.316. The number of benzene rings is 1. The van der Waals surface area contributed by atoms with Crippen LogP contribution in [0.1, 0.15) is 53.5 Å². The summed E-state index contributed by atoms with van der Waals surface area (Å²) in [6, 6.07) is 7.33. The van der Waals surface area contributed by atoms with E-state index in [9.17, 15) is 15.0 Å². The van der Waals surface area contributed by atoms with Crippen molar-refractivity contribution in [3.05, 3.63) is 58.4 Å². The Hall–Kier alpha value is -2.73. The monoisotopic (exact) mass is 341 g/mol.